The molecule has 6 heteroatoms. The van der Waals surface area contributed by atoms with Crippen LogP contribution in [0.1, 0.15) is 11.1 Å². The summed E-state index contributed by atoms with van der Waals surface area (Å²) in [6.45, 7) is 1.63. The summed E-state index contributed by atoms with van der Waals surface area (Å²) in [5.41, 5.74) is 0.735. The van der Waals surface area contributed by atoms with Gasteiger partial charge in [-0.2, -0.15) is 0 Å². The summed E-state index contributed by atoms with van der Waals surface area (Å²) in [6, 6.07) is 8.61. The standard InChI is InChI=1S/C14H13BF2O3/c1-9-3-2-4-13(14(9)17)20-8-10-5-6-12(16)11(7-10)15(18)19/h2-7,18-19H,8H2,1H3. The predicted octanol–water partition coefficient (Wildman–Crippen LogP) is 1.53. The van der Waals surface area contributed by atoms with Gasteiger partial charge in [-0.1, -0.05) is 24.3 Å². The molecule has 2 aromatic carbocycles. The van der Waals surface area contributed by atoms with Crippen molar-refractivity contribution in [2.24, 2.45) is 0 Å². The van der Waals surface area contributed by atoms with Crippen molar-refractivity contribution in [1.29, 1.82) is 0 Å². The Hall–Kier alpha value is -1.92. The maximum atomic E-state index is 13.7. The van der Waals surface area contributed by atoms with Crippen LogP contribution in [0.25, 0.3) is 0 Å². The summed E-state index contributed by atoms with van der Waals surface area (Å²) in [4.78, 5) is 0. The maximum Gasteiger partial charge on any atom is 0.491 e. The second-order valence-electron chi connectivity index (χ2n) is 4.41. The summed E-state index contributed by atoms with van der Waals surface area (Å²) < 4.78 is 32.3. The monoisotopic (exact) mass is 278 g/mol. The molecule has 0 heterocycles. The summed E-state index contributed by atoms with van der Waals surface area (Å²) in [5, 5.41) is 18.0. The van der Waals surface area contributed by atoms with Gasteiger partial charge in [0.05, 0.1) is 0 Å². The first kappa shape index (κ1) is 14.5. The fourth-order valence-corrected chi connectivity index (χ4v) is 1.77. The molecule has 2 rings (SSSR count). The lowest BCUT2D eigenvalue weighted by atomic mass is 9.79. The zero-order valence-electron chi connectivity index (χ0n) is 10.8. The van der Waals surface area contributed by atoms with Gasteiger partial charge in [0.2, 0.25) is 0 Å². The molecule has 2 aromatic rings. The molecule has 0 fully saturated rings. The van der Waals surface area contributed by atoms with Crippen LogP contribution in [-0.2, 0) is 6.61 Å². The topological polar surface area (TPSA) is 49.7 Å². The van der Waals surface area contributed by atoms with Crippen molar-refractivity contribution in [1.82, 2.24) is 0 Å². The molecule has 0 radical (unpaired) electrons. The molecule has 0 aliphatic heterocycles. The number of aryl methyl sites for hydroxylation is 1. The Morgan fingerprint density at radius 1 is 1.15 bits per heavy atom. The van der Waals surface area contributed by atoms with E-state index in [1.807, 2.05) is 0 Å². The van der Waals surface area contributed by atoms with Crippen LogP contribution in [0, 0.1) is 18.6 Å². The highest BCUT2D eigenvalue weighted by Crippen LogP contribution is 2.20. The Morgan fingerprint density at radius 2 is 1.90 bits per heavy atom. The minimum atomic E-state index is -1.90. The summed E-state index contributed by atoms with van der Waals surface area (Å²) >= 11 is 0. The van der Waals surface area contributed by atoms with E-state index in [0.717, 1.165) is 6.07 Å². The Kier molecular flexibility index (Phi) is 4.37. The molecule has 0 aliphatic rings. The van der Waals surface area contributed by atoms with Gasteiger partial charge in [-0.05, 0) is 30.2 Å². The van der Waals surface area contributed by atoms with Crippen LogP contribution in [-0.4, -0.2) is 17.2 Å². The van der Waals surface area contributed by atoms with E-state index in [-0.39, 0.29) is 17.8 Å². The highest BCUT2D eigenvalue weighted by atomic mass is 19.1. The lowest BCUT2D eigenvalue weighted by Crippen LogP contribution is -2.33. The van der Waals surface area contributed by atoms with Crippen LogP contribution >= 0.6 is 0 Å². The fourth-order valence-electron chi connectivity index (χ4n) is 1.77. The lowest BCUT2D eigenvalue weighted by molar-refractivity contribution is 0.289. The molecule has 0 spiro atoms. The zero-order valence-corrected chi connectivity index (χ0v) is 10.8. The number of hydrogen-bond acceptors (Lipinski definition) is 3. The van der Waals surface area contributed by atoms with Crippen molar-refractivity contribution < 1.29 is 23.6 Å². The molecule has 0 amide bonds. The second-order valence-corrected chi connectivity index (χ2v) is 4.41. The second kappa shape index (κ2) is 6.03. The Labute approximate surface area is 115 Å². The molecular formula is C14H13BF2O3. The quantitative estimate of drug-likeness (QED) is 0.834. The number of halogens is 2. The first-order valence-corrected chi connectivity index (χ1v) is 6.01. The van der Waals surface area contributed by atoms with Crippen molar-refractivity contribution in [3.05, 3.63) is 59.2 Å². The Balaban J connectivity index is 2.15. The minimum absolute atomic E-state index is 0.000370. The van der Waals surface area contributed by atoms with Gasteiger partial charge in [0.25, 0.3) is 0 Å². The van der Waals surface area contributed by atoms with E-state index in [9.17, 15) is 8.78 Å². The lowest BCUT2D eigenvalue weighted by Gasteiger charge is -2.10. The van der Waals surface area contributed by atoms with Crippen LogP contribution in [0.4, 0.5) is 8.78 Å². The largest absolute Gasteiger partial charge is 0.491 e. The van der Waals surface area contributed by atoms with E-state index in [2.05, 4.69) is 0 Å². The van der Waals surface area contributed by atoms with Gasteiger partial charge in [0, 0.05) is 5.46 Å². The molecule has 0 aliphatic carbocycles. The van der Waals surface area contributed by atoms with Crippen LogP contribution in [0.5, 0.6) is 5.75 Å². The summed E-state index contributed by atoms with van der Waals surface area (Å²) in [5.74, 6) is -1.07. The van der Waals surface area contributed by atoms with Gasteiger partial charge in [0.15, 0.2) is 11.6 Å². The predicted molar refractivity (Wildman–Crippen MR) is 71.7 cm³/mol. The maximum absolute atomic E-state index is 13.7. The smallest absolute Gasteiger partial charge is 0.486 e. The fraction of sp³-hybridized carbons (Fsp3) is 0.143. The molecule has 0 atom stereocenters. The molecule has 0 bridgehead atoms. The summed E-state index contributed by atoms with van der Waals surface area (Å²) in [7, 11) is -1.90. The Morgan fingerprint density at radius 3 is 2.60 bits per heavy atom. The van der Waals surface area contributed by atoms with Gasteiger partial charge in [-0.25, -0.2) is 8.78 Å². The molecule has 2 N–H and O–H groups in total. The number of rotatable bonds is 4. The average Bonchev–Trinajstić information content (AvgIpc) is 2.41. The third-order valence-electron chi connectivity index (χ3n) is 2.89. The molecule has 0 saturated carbocycles. The third-order valence-corrected chi connectivity index (χ3v) is 2.89. The number of hydrogen-bond donors (Lipinski definition) is 2. The highest BCUT2D eigenvalue weighted by molar-refractivity contribution is 6.58. The van der Waals surface area contributed by atoms with Gasteiger partial charge >= 0.3 is 7.12 Å². The van der Waals surface area contributed by atoms with Crippen molar-refractivity contribution in [2.45, 2.75) is 13.5 Å². The van der Waals surface area contributed by atoms with E-state index in [0.29, 0.717) is 11.1 Å². The molecular weight excluding hydrogens is 265 g/mol. The van der Waals surface area contributed by atoms with Gasteiger partial charge in [0.1, 0.15) is 12.4 Å². The highest BCUT2D eigenvalue weighted by Gasteiger charge is 2.17. The van der Waals surface area contributed by atoms with Crippen molar-refractivity contribution >= 4 is 12.6 Å². The van der Waals surface area contributed by atoms with Gasteiger partial charge in [-0.3, -0.25) is 0 Å². The SMILES string of the molecule is Cc1cccc(OCc2ccc(F)c(B(O)O)c2)c1F. The van der Waals surface area contributed by atoms with E-state index in [1.54, 1.807) is 19.1 Å². The van der Waals surface area contributed by atoms with Gasteiger partial charge < -0.3 is 14.8 Å². The number of ether oxygens (including phenoxy) is 1. The number of benzene rings is 2. The molecule has 3 nitrogen and oxygen atoms in total. The third kappa shape index (κ3) is 3.15. The molecule has 0 saturated heterocycles. The van der Waals surface area contributed by atoms with E-state index < -0.39 is 18.8 Å². The van der Waals surface area contributed by atoms with E-state index >= 15 is 0 Å². The van der Waals surface area contributed by atoms with Crippen molar-refractivity contribution in [3.63, 3.8) is 0 Å². The van der Waals surface area contributed by atoms with Crippen LogP contribution in [0.15, 0.2) is 36.4 Å². The average molecular weight is 278 g/mol. The molecule has 20 heavy (non-hydrogen) atoms. The van der Waals surface area contributed by atoms with Crippen LogP contribution in [0.2, 0.25) is 0 Å². The Bertz CT molecular complexity index is 617. The summed E-state index contributed by atoms with van der Waals surface area (Å²) in [6.07, 6.45) is 0. The van der Waals surface area contributed by atoms with E-state index in [1.165, 1.54) is 18.2 Å². The van der Waals surface area contributed by atoms with Crippen LogP contribution in [0.3, 0.4) is 0 Å². The van der Waals surface area contributed by atoms with Gasteiger partial charge in [-0.15, -0.1) is 0 Å². The zero-order chi connectivity index (χ0) is 14.7. The normalized spacial score (nSPS) is 10.4. The van der Waals surface area contributed by atoms with Crippen molar-refractivity contribution in [3.8, 4) is 5.75 Å². The molecule has 0 aromatic heterocycles. The molecule has 104 valence electrons. The first-order chi connectivity index (χ1) is 9.49. The molecule has 0 unspecified atom stereocenters. The first-order valence-electron chi connectivity index (χ1n) is 6.01. The minimum Gasteiger partial charge on any atom is -0.486 e. The van der Waals surface area contributed by atoms with Crippen molar-refractivity contribution in [2.75, 3.05) is 0 Å². The van der Waals surface area contributed by atoms with Crippen LogP contribution < -0.4 is 10.2 Å². The van der Waals surface area contributed by atoms with E-state index in [4.69, 9.17) is 14.8 Å².